The van der Waals surface area contributed by atoms with Crippen molar-refractivity contribution in [1.82, 2.24) is 5.43 Å². The van der Waals surface area contributed by atoms with Crippen molar-refractivity contribution in [1.29, 1.82) is 0 Å². The highest BCUT2D eigenvalue weighted by Gasteiger charge is 2.08. The molecule has 0 saturated heterocycles. The first kappa shape index (κ1) is 20.1. The largest absolute Gasteiger partial charge is 0.493 e. The Hall–Kier alpha value is -3.26. The van der Waals surface area contributed by atoms with Crippen LogP contribution in [0.5, 0.6) is 17.2 Å². The summed E-state index contributed by atoms with van der Waals surface area (Å²) in [6.45, 7) is -0.725. The van der Waals surface area contributed by atoms with Gasteiger partial charge in [0.15, 0.2) is 24.7 Å². The fourth-order valence-corrected chi connectivity index (χ4v) is 2.13. The lowest BCUT2D eigenvalue weighted by atomic mass is 10.2. The molecule has 142 valence electrons. The van der Waals surface area contributed by atoms with Crippen molar-refractivity contribution in [2.45, 2.75) is 0 Å². The predicted molar refractivity (Wildman–Crippen MR) is 98.8 cm³/mol. The number of carbonyl (C=O) groups excluding carboxylic acids is 1. The predicted octanol–water partition coefficient (Wildman–Crippen LogP) is 2.34. The second-order valence-electron chi connectivity index (χ2n) is 5.10. The van der Waals surface area contributed by atoms with Crippen LogP contribution in [0.4, 0.5) is 0 Å². The van der Waals surface area contributed by atoms with E-state index in [4.69, 9.17) is 30.9 Å². The SMILES string of the molecule is COc1cc(/C=N\NC(=O)COc2ccccc2Cl)ccc1OCC(=O)O. The summed E-state index contributed by atoms with van der Waals surface area (Å²) in [5, 5.41) is 12.9. The minimum absolute atomic E-state index is 0.244. The smallest absolute Gasteiger partial charge is 0.341 e. The zero-order valence-corrected chi connectivity index (χ0v) is 15.1. The molecule has 9 heteroatoms. The van der Waals surface area contributed by atoms with Crippen LogP contribution >= 0.6 is 11.6 Å². The number of hydrogen-bond donors (Lipinski definition) is 2. The Morgan fingerprint density at radius 3 is 2.56 bits per heavy atom. The van der Waals surface area contributed by atoms with E-state index >= 15 is 0 Å². The van der Waals surface area contributed by atoms with Crippen LogP contribution in [0.3, 0.4) is 0 Å². The summed E-state index contributed by atoms with van der Waals surface area (Å²) in [7, 11) is 1.43. The van der Waals surface area contributed by atoms with E-state index in [0.29, 0.717) is 22.1 Å². The van der Waals surface area contributed by atoms with Gasteiger partial charge >= 0.3 is 5.97 Å². The molecule has 0 heterocycles. The number of hydrazone groups is 1. The van der Waals surface area contributed by atoms with Gasteiger partial charge in [0.2, 0.25) is 0 Å². The zero-order chi connectivity index (χ0) is 19.6. The van der Waals surface area contributed by atoms with Gasteiger partial charge in [-0.1, -0.05) is 23.7 Å². The molecule has 0 radical (unpaired) electrons. The van der Waals surface area contributed by atoms with Crippen LogP contribution in [0.2, 0.25) is 5.02 Å². The Labute approximate surface area is 160 Å². The molecule has 0 aliphatic heterocycles. The van der Waals surface area contributed by atoms with Crippen LogP contribution < -0.4 is 19.6 Å². The van der Waals surface area contributed by atoms with Crippen molar-refractivity contribution in [3.63, 3.8) is 0 Å². The molecule has 0 unspecified atom stereocenters. The summed E-state index contributed by atoms with van der Waals surface area (Å²) in [5.41, 5.74) is 2.94. The van der Waals surface area contributed by atoms with Gasteiger partial charge in [0.05, 0.1) is 18.3 Å². The maximum absolute atomic E-state index is 11.8. The van der Waals surface area contributed by atoms with E-state index in [-0.39, 0.29) is 12.4 Å². The van der Waals surface area contributed by atoms with Crippen molar-refractivity contribution < 1.29 is 28.9 Å². The standard InChI is InChI=1S/C18H17ClN2O6/c1-25-16-8-12(6-7-15(16)27-11-18(23)24)9-20-21-17(22)10-26-14-5-3-2-4-13(14)19/h2-9H,10-11H2,1H3,(H,21,22)(H,23,24)/b20-9-. The first-order chi connectivity index (χ1) is 13.0. The first-order valence-electron chi connectivity index (χ1n) is 7.71. The average Bonchev–Trinajstić information content (AvgIpc) is 2.66. The fourth-order valence-electron chi connectivity index (χ4n) is 1.94. The Balaban J connectivity index is 1.88. The summed E-state index contributed by atoms with van der Waals surface area (Å²) < 4.78 is 15.5. The van der Waals surface area contributed by atoms with Crippen LogP contribution in [-0.2, 0) is 9.59 Å². The van der Waals surface area contributed by atoms with E-state index in [1.807, 2.05) is 0 Å². The molecule has 0 aliphatic carbocycles. The second-order valence-corrected chi connectivity index (χ2v) is 5.51. The molecule has 0 aromatic heterocycles. The Morgan fingerprint density at radius 1 is 1.11 bits per heavy atom. The van der Waals surface area contributed by atoms with Gasteiger partial charge in [0.1, 0.15) is 5.75 Å². The molecule has 0 aliphatic rings. The summed E-state index contributed by atoms with van der Waals surface area (Å²) in [4.78, 5) is 22.3. The number of aliphatic carboxylic acids is 1. The highest BCUT2D eigenvalue weighted by molar-refractivity contribution is 6.32. The van der Waals surface area contributed by atoms with Crippen molar-refractivity contribution in [3.05, 3.63) is 53.1 Å². The number of carboxylic acid groups (broad SMARTS) is 1. The van der Waals surface area contributed by atoms with E-state index in [0.717, 1.165) is 0 Å². The molecule has 0 fully saturated rings. The summed E-state index contributed by atoms with van der Waals surface area (Å²) in [5.74, 6) is -0.522. The second kappa shape index (κ2) is 10.0. The molecule has 1 amide bonds. The molecule has 0 spiro atoms. The van der Waals surface area contributed by atoms with Crippen LogP contribution in [0.15, 0.2) is 47.6 Å². The van der Waals surface area contributed by atoms with E-state index in [1.54, 1.807) is 42.5 Å². The maximum Gasteiger partial charge on any atom is 0.341 e. The Morgan fingerprint density at radius 2 is 1.85 bits per heavy atom. The molecule has 2 aromatic carbocycles. The van der Waals surface area contributed by atoms with Crippen molar-refractivity contribution in [2.24, 2.45) is 5.10 Å². The third-order valence-corrected chi connectivity index (χ3v) is 3.45. The van der Waals surface area contributed by atoms with Gasteiger partial charge in [0, 0.05) is 0 Å². The number of nitrogens with zero attached hydrogens (tertiary/aromatic N) is 1. The van der Waals surface area contributed by atoms with Gasteiger partial charge in [-0.2, -0.15) is 5.10 Å². The van der Waals surface area contributed by atoms with Gasteiger partial charge < -0.3 is 19.3 Å². The molecule has 2 rings (SSSR count). The van der Waals surface area contributed by atoms with Crippen molar-refractivity contribution in [2.75, 3.05) is 20.3 Å². The molecular weight excluding hydrogens is 376 g/mol. The number of rotatable bonds is 9. The quantitative estimate of drug-likeness (QED) is 0.501. The monoisotopic (exact) mass is 392 g/mol. The molecular formula is C18H17ClN2O6. The lowest BCUT2D eigenvalue weighted by Crippen LogP contribution is -2.24. The fraction of sp³-hybridized carbons (Fsp3) is 0.167. The highest BCUT2D eigenvalue weighted by atomic mass is 35.5. The van der Waals surface area contributed by atoms with Gasteiger partial charge in [-0.3, -0.25) is 4.79 Å². The number of benzene rings is 2. The summed E-state index contributed by atoms with van der Waals surface area (Å²) in [6.07, 6.45) is 1.40. The average molecular weight is 393 g/mol. The molecule has 2 aromatic rings. The summed E-state index contributed by atoms with van der Waals surface area (Å²) >= 11 is 5.93. The number of amides is 1. The maximum atomic E-state index is 11.8. The normalized spacial score (nSPS) is 10.4. The number of methoxy groups -OCH3 is 1. The van der Waals surface area contributed by atoms with Crippen molar-refractivity contribution in [3.8, 4) is 17.2 Å². The molecule has 8 nitrogen and oxygen atoms in total. The molecule has 0 atom stereocenters. The topological polar surface area (TPSA) is 106 Å². The van der Waals surface area contributed by atoms with E-state index in [2.05, 4.69) is 10.5 Å². The van der Waals surface area contributed by atoms with Gasteiger partial charge in [-0.05, 0) is 35.9 Å². The molecule has 0 bridgehead atoms. The van der Waals surface area contributed by atoms with Crippen LogP contribution in [0.1, 0.15) is 5.56 Å². The molecule has 27 heavy (non-hydrogen) atoms. The third-order valence-electron chi connectivity index (χ3n) is 3.14. The number of halogens is 1. The van der Waals surface area contributed by atoms with Crippen LogP contribution in [0, 0.1) is 0 Å². The lowest BCUT2D eigenvalue weighted by molar-refractivity contribution is -0.139. The summed E-state index contributed by atoms with van der Waals surface area (Å²) in [6, 6.07) is 11.6. The Kier molecular flexibility index (Phi) is 7.45. The first-order valence-corrected chi connectivity index (χ1v) is 8.09. The number of carboxylic acids is 1. The number of carbonyl (C=O) groups is 2. The minimum Gasteiger partial charge on any atom is -0.493 e. The van der Waals surface area contributed by atoms with Gasteiger partial charge in [-0.25, -0.2) is 10.2 Å². The number of hydrogen-bond acceptors (Lipinski definition) is 6. The number of ether oxygens (including phenoxy) is 3. The zero-order valence-electron chi connectivity index (χ0n) is 14.3. The molecule has 0 saturated carbocycles. The number of para-hydroxylation sites is 1. The van der Waals surface area contributed by atoms with E-state index in [1.165, 1.54) is 13.3 Å². The van der Waals surface area contributed by atoms with E-state index in [9.17, 15) is 9.59 Å². The van der Waals surface area contributed by atoms with Crippen LogP contribution in [-0.4, -0.2) is 43.5 Å². The van der Waals surface area contributed by atoms with Crippen molar-refractivity contribution >= 4 is 29.7 Å². The number of nitrogens with one attached hydrogen (secondary N) is 1. The van der Waals surface area contributed by atoms with E-state index < -0.39 is 18.5 Å². The highest BCUT2D eigenvalue weighted by Crippen LogP contribution is 2.27. The minimum atomic E-state index is -1.09. The molecule has 2 N–H and O–H groups in total. The third kappa shape index (κ3) is 6.52. The van der Waals surface area contributed by atoms with Crippen LogP contribution in [0.25, 0.3) is 0 Å². The lowest BCUT2D eigenvalue weighted by Gasteiger charge is -2.09. The van der Waals surface area contributed by atoms with Gasteiger partial charge in [-0.15, -0.1) is 0 Å². The van der Waals surface area contributed by atoms with Gasteiger partial charge in [0.25, 0.3) is 5.91 Å². The Bertz CT molecular complexity index is 840.